The number of hydrogen-bond donors (Lipinski definition) is 0. The van der Waals surface area contributed by atoms with Gasteiger partial charge in [-0.3, -0.25) is 0 Å². The molecule has 1 unspecified atom stereocenters. The van der Waals surface area contributed by atoms with Crippen LogP contribution in [-0.4, -0.2) is 16.5 Å². The maximum absolute atomic E-state index is 12.8. The van der Waals surface area contributed by atoms with Gasteiger partial charge in [0.2, 0.25) is 0 Å². The Labute approximate surface area is 189 Å². The predicted molar refractivity (Wildman–Crippen MR) is 119 cm³/mol. The molecule has 0 aliphatic carbocycles. The number of hydrogen-bond acceptors (Lipinski definition) is 2. The third-order valence-electron chi connectivity index (χ3n) is 5.46. The van der Waals surface area contributed by atoms with E-state index in [4.69, 9.17) is 0 Å². The number of alkyl halides is 1. The molecule has 0 aliphatic rings. The van der Waals surface area contributed by atoms with Crippen LogP contribution < -0.4 is 21.2 Å². The van der Waals surface area contributed by atoms with E-state index in [1.54, 1.807) is 24.3 Å². The summed E-state index contributed by atoms with van der Waals surface area (Å²) in [5.41, 5.74) is 4.63. The van der Waals surface area contributed by atoms with Crippen LogP contribution >= 0.6 is 0 Å². The van der Waals surface area contributed by atoms with Crippen LogP contribution in [0.1, 0.15) is 57.7 Å². The van der Waals surface area contributed by atoms with Crippen molar-refractivity contribution in [3.8, 4) is 0 Å². The number of allylic oxidation sites excluding steroid dienone is 1. The smallest absolute Gasteiger partial charge is 0.0648 e. The van der Waals surface area contributed by atoms with Crippen molar-refractivity contribution in [1.82, 2.24) is 0 Å². The van der Waals surface area contributed by atoms with Gasteiger partial charge in [0, 0.05) is 0 Å². The number of rotatable bonds is 8. The van der Waals surface area contributed by atoms with E-state index >= 15 is 0 Å². The van der Waals surface area contributed by atoms with Crippen molar-refractivity contribution in [3.05, 3.63) is 111 Å². The summed E-state index contributed by atoms with van der Waals surface area (Å²) in [5.74, 6) is 0.338. The second kappa shape index (κ2) is 9.98. The van der Waals surface area contributed by atoms with E-state index in [2.05, 4.69) is 25.4 Å². The maximum atomic E-state index is 12.8. The van der Waals surface area contributed by atoms with Crippen LogP contribution in [0.3, 0.4) is 0 Å². The van der Waals surface area contributed by atoms with Gasteiger partial charge in [0.25, 0.3) is 0 Å². The van der Waals surface area contributed by atoms with E-state index in [9.17, 15) is 9.59 Å². The second-order valence-corrected chi connectivity index (χ2v) is 9.67. The van der Waals surface area contributed by atoms with Gasteiger partial charge in [-0.25, -0.2) is 0 Å². The molecule has 3 aromatic rings. The van der Waals surface area contributed by atoms with Crippen LogP contribution in [0.25, 0.3) is 5.57 Å². The topological polar surface area (TPSA) is 34.1 Å². The summed E-state index contributed by atoms with van der Waals surface area (Å²) in [7, 11) is 0. The molecule has 0 radical (unpaired) electrons. The first kappa shape index (κ1) is 22.2. The van der Waals surface area contributed by atoms with Crippen LogP contribution in [0.2, 0.25) is 0 Å². The van der Waals surface area contributed by atoms with Crippen molar-refractivity contribution in [1.29, 1.82) is 0 Å². The van der Waals surface area contributed by atoms with Crippen molar-refractivity contribution in [2.45, 2.75) is 20.3 Å². The summed E-state index contributed by atoms with van der Waals surface area (Å²) in [4.78, 5) is 27.7. The molecule has 0 bridgehead atoms. The third kappa shape index (κ3) is 4.96. The predicted octanol–water partition coefficient (Wildman–Crippen LogP) is 3.10. The molecule has 0 N–H and O–H groups in total. The zero-order chi connectivity index (χ0) is 21.7. The average Bonchev–Trinajstić information content (AvgIpc) is 2.82. The van der Waals surface area contributed by atoms with Gasteiger partial charge in [-0.05, 0) is 23.5 Å². The van der Waals surface area contributed by atoms with Gasteiger partial charge in [0.1, 0.15) is 0 Å². The van der Waals surface area contributed by atoms with Crippen molar-refractivity contribution in [3.63, 3.8) is 0 Å². The van der Waals surface area contributed by atoms with E-state index < -0.39 is 0 Å². The van der Waals surface area contributed by atoms with Gasteiger partial charge in [-0.15, -0.1) is 0 Å². The first-order chi connectivity index (χ1) is 14.4. The molecule has 1 atom stereocenters. The number of carbonyl (C=O) groups is 2. The molecular formula is C27H26IO2-. The number of carbonyl (C=O) groups excluding carboxylic acids is 2. The first-order valence-corrected chi connectivity index (χ1v) is 13.3. The monoisotopic (exact) mass is 509 g/mol. The Kier molecular flexibility index (Phi) is 7.38. The Hall–Kier alpha value is -2.53. The minimum Gasteiger partial charge on any atom is -0.0648 e. The Balaban J connectivity index is 1.74. The average molecular weight is 509 g/mol. The molecule has 3 aromatic carbocycles. The van der Waals surface area contributed by atoms with E-state index in [0.717, 1.165) is 17.6 Å². The van der Waals surface area contributed by atoms with Gasteiger partial charge in [-0.2, -0.15) is 0 Å². The molecule has 0 saturated carbocycles. The van der Waals surface area contributed by atoms with Gasteiger partial charge >= 0.3 is 134 Å². The van der Waals surface area contributed by atoms with Crippen molar-refractivity contribution in [2.75, 3.05) is 4.93 Å². The van der Waals surface area contributed by atoms with Crippen molar-refractivity contribution in [2.24, 2.45) is 5.92 Å². The van der Waals surface area contributed by atoms with Crippen LogP contribution in [0, 0.1) is 9.49 Å². The molecule has 0 fully saturated rings. The molecule has 0 aliphatic heterocycles. The van der Waals surface area contributed by atoms with Gasteiger partial charge in [-0.1, -0.05) is 32.6 Å². The van der Waals surface area contributed by atoms with E-state index in [0.29, 0.717) is 28.2 Å². The minimum absolute atomic E-state index is 0.0228. The van der Waals surface area contributed by atoms with Crippen LogP contribution in [-0.2, 0) is 0 Å². The summed E-state index contributed by atoms with van der Waals surface area (Å²) in [6.45, 7) is 8.47. The summed E-state index contributed by atoms with van der Waals surface area (Å²) in [6, 6.07) is 22.4. The zero-order valence-corrected chi connectivity index (χ0v) is 19.8. The van der Waals surface area contributed by atoms with Gasteiger partial charge in [0.05, 0.1) is 0 Å². The standard InChI is InChI=1S/C27H26IO2/c1-5-18(2)19(3)20-6-8-21(9-7-20)26(29)22-10-12-23(13-11-22)27(30)24-14-16-25(28-4)17-15-24/h6-18H,3,5H2,1-2,4H3/q-1. The molecule has 3 rings (SSSR count). The third-order valence-corrected chi connectivity index (χ3v) is 7.42. The van der Waals surface area contributed by atoms with E-state index in [1.807, 2.05) is 48.5 Å². The first-order valence-electron chi connectivity index (χ1n) is 10.0. The quantitative estimate of drug-likeness (QED) is 0.266. The van der Waals surface area contributed by atoms with E-state index in [1.165, 1.54) is 3.57 Å². The van der Waals surface area contributed by atoms with Crippen molar-refractivity contribution < 1.29 is 30.8 Å². The number of halogens is 1. The second-order valence-electron chi connectivity index (χ2n) is 7.34. The molecule has 154 valence electrons. The summed E-state index contributed by atoms with van der Waals surface area (Å²) in [5, 5.41) is 0. The Bertz CT molecular complexity index is 1050. The minimum atomic E-state index is -0.0501. The van der Waals surface area contributed by atoms with Gasteiger partial charge in [0.15, 0.2) is 0 Å². The normalized spacial score (nSPS) is 11.8. The molecule has 3 heteroatoms. The molecule has 0 saturated heterocycles. The van der Waals surface area contributed by atoms with Crippen LogP contribution in [0.15, 0.2) is 79.4 Å². The molecule has 0 spiro atoms. The fourth-order valence-corrected chi connectivity index (χ4v) is 4.28. The molecular weight excluding hydrogens is 483 g/mol. The summed E-state index contributed by atoms with van der Waals surface area (Å²) in [6.07, 6.45) is 1.04. The number of ketones is 2. The summed E-state index contributed by atoms with van der Waals surface area (Å²) >= 11 is 0.0228. The number of benzene rings is 3. The van der Waals surface area contributed by atoms with Gasteiger partial charge < -0.3 is 0 Å². The fourth-order valence-electron chi connectivity index (χ4n) is 3.20. The molecule has 2 nitrogen and oxygen atoms in total. The van der Waals surface area contributed by atoms with Crippen molar-refractivity contribution >= 4 is 17.1 Å². The molecule has 0 amide bonds. The Morgan fingerprint density at radius 1 is 0.733 bits per heavy atom. The SMILES string of the molecule is C=C(c1ccc(C(=O)c2ccc(C(=O)c3ccc([I-]C)cc3)cc2)cc1)C(C)CC. The zero-order valence-electron chi connectivity index (χ0n) is 17.6. The Morgan fingerprint density at radius 3 is 1.40 bits per heavy atom. The van der Waals surface area contributed by atoms with E-state index in [-0.39, 0.29) is 32.8 Å². The molecule has 0 aromatic heterocycles. The molecule has 0 heterocycles. The van der Waals surface area contributed by atoms with Crippen LogP contribution in [0.5, 0.6) is 0 Å². The van der Waals surface area contributed by atoms with Crippen LogP contribution in [0.4, 0.5) is 0 Å². The summed E-state index contributed by atoms with van der Waals surface area (Å²) < 4.78 is 1.31. The molecule has 30 heavy (non-hydrogen) atoms. The Morgan fingerprint density at radius 2 is 1.07 bits per heavy atom. The fraction of sp³-hybridized carbons (Fsp3) is 0.185.